The molecule has 2 rings (SSSR count). The molecule has 0 radical (unpaired) electrons. The van der Waals surface area contributed by atoms with Gasteiger partial charge in [-0.2, -0.15) is 0 Å². The summed E-state index contributed by atoms with van der Waals surface area (Å²) in [7, 11) is -3.04. The van der Waals surface area contributed by atoms with Crippen LogP contribution in [-0.2, 0) is 9.36 Å². The Kier molecular flexibility index (Phi) is 4.22. The first kappa shape index (κ1) is 14.7. The van der Waals surface area contributed by atoms with E-state index in [1.165, 1.54) is 6.92 Å². The van der Waals surface area contributed by atoms with Gasteiger partial charge >= 0.3 is 0 Å². The first-order chi connectivity index (χ1) is 9.48. The molecule has 0 unspecified atom stereocenters. The van der Waals surface area contributed by atoms with Crippen molar-refractivity contribution in [2.45, 2.75) is 12.5 Å². The highest BCUT2D eigenvalue weighted by molar-refractivity contribution is 7.78. The predicted molar refractivity (Wildman–Crippen MR) is 81.3 cm³/mol. The summed E-state index contributed by atoms with van der Waals surface area (Å²) in [5.74, 6) is 0. The molecule has 0 saturated carbocycles. The fourth-order valence-corrected chi connectivity index (χ4v) is 5.10. The maximum absolute atomic E-state index is 13.5. The molecule has 1 N–H and O–H groups in total. The van der Waals surface area contributed by atoms with Crippen LogP contribution in [0.1, 0.15) is 6.92 Å². The molecular formula is C16H17O3P. The standard InChI is InChI=1S/C16H17O3P/c1-16(18,12-17)13-20(19,14-8-4-2-5-9-14)15-10-6-3-7-11-15/h2-12,18H,13H2,1H3/t16-/m1/s1. The normalized spacial score (nSPS) is 14.5. The van der Waals surface area contributed by atoms with Crippen LogP contribution in [0.25, 0.3) is 0 Å². The van der Waals surface area contributed by atoms with E-state index in [0.717, 1.165) is 0 Å². The molecule has 20 heavy (non-hydrogen) atoms. The Labute approximate surface area is 118 Å². The fraction of sp³-hybridized carbons (Fsp3) is 0.188. The zero-order valence-electron chi connectivity index (χ0n) is 11.3. The summed E-state index contributed by atoms with van der Waals surface area (Å²) in [4.78, 5) is 11.0. The molecule has 0 aliphatic heterocycles. The van der Waals surface area contributed by atoms with Gasteiger partial charge in [-0.25, -0.2) is 0 Å². The molecule has 0 saturated heterocycles. The summed E-state index contributed by atoms with van der Waals surface area (Å²) >= 11 is 0. The van der Waals surface area contributed by atoms with Crippen LogP contribution in [0.15, 0.2) is 60.7 Å². The van der Waals surface area contributed by atoms with Crippen molar-refractivity contribution in [3.05, 3.63) is 60.7 Å². The largest absolute Gasteiger partial charge is 0.382 e. The minimum atomic E-state index is -3.04. The van der Waals surface area contributed by atoms with Gasteiger partial charge in [0.1, 0.15) is 12.7 Å². The highest BCUT2D eigenvalue weighted by Crippen LogP contribution is 2.45. The Morgan fingerprint density at radius 1 is 1.00 bits per heavy atom. The Hall–Kier alpha value is -1.70. The first-order valence-corrected chi connectivity index (χ1v) is 8.26. The summed E-state index contributed by atoms with van der Waals surface area (Å²) in [6.45, 7) is 1.39. The Balaban J connectivity index is 2.56. The molecular weight excluding hydrogens is 271 g/mol. The van der Waals surface area contributed by atoms with E-state index in [4.69, 9.17) is 0 Å². The van der Waals surface area contributed by atoms with Crippen LogP contribution in [-0.4, -0.2) is 23.2 Å². The second-order valence-electron chi connectivity index (χ2n) is 5.04. The molecule has 0 aliphatic carbocycles. The summed E-state index contributed by atoms with van der Waals surface area (Å²) in [6.07, 6.45) is 0.350. The molecule has 3 nitrogen and oxygen atoms in total. The minimum absolute atomic E-state index is 0.0997. The second kappa shape index (κ2) is 5.74. The van der Waals surface area contributed by atoms with Crippen molar-refractivity contribution in [2.24, 2.45) is 0 Å². The third-order valence-corrected chi connectivity index (χ3v) is 6.49. The third kappa shape index (κ3) is 3.06. The van der Waals surface area contributed by atoms with Crippen LogP contribution in [0.5, 0.6) is 0 Å². The maximum Gasteiger partial charge on any atom is 0.151 e. The molecule has 0 aromatic heterocycles. The van der Waals surface area contributed by atoms with Crippen LogP contribution < -0.4 is 10.6 Å². The van der Waals surface area contributed by atoms with Crippen LogP contribution in [0.2, 0.25) is 0 Å². The van der Waals surface area contributed by atoms with Crippen molar-refractivity contribution in [3.8, 4) is 0 Å². The van der Waals surface area contributed by atoms with Crippen molar-refractivity contribution in [2.75, 3.05) is 6.16 Å². The van der Waals surface area contributed by atoms with Gasteiger partial charge in [0.15, 0.2) is 6.29 Å². The molecule has 0 bridgehead atoms. The fourth-order valence-electron chi connectivity index (χ4n) is 2.16. The molecule has 2 aromatic carbocycles. The number of benzene rings is 2. The maximum atomic E-state index is 13.5. The van der Waals surface area contributed by atoms with Gasteiger partial charge < -0.3 is 14.5 Å². The van der Waals surface area contributed by atoms with E-state index in [2.05, 4.69) is 0 Å². The van der Waals surface area contributed by atoms with Gasteiger partial charge in [-0.05, 0) is 6.92 Å². The molecule has 2 aromatic rings. The van der Waals surface area contributed by atoms with E-state index in [1.807, 2.05) is 12.1 Å². The minimum Gasteiger partial charge on any atom is -0.382 e. The Morgan fingerprint density at radius 3 is 1.75 bits per heavy atom. The number of carbonyl (C=O) groups excluding carboxylic acids is 1. The summed E-state index contributed by atoms with van der Waals surface area (Å²) in [6, 6.07) is 18.0. The van der Waals surface area contributed by atoms with Crippen LogP contribution >= 0.6 is 7.14 Å². The molecule has 0 aliphatic rings. The molecule has 0 fully saturated rings. The van der Waals surface area contributed by atoms with Crippen molar-refractivity contribution in [1.29, 1.82) is 0 Å². The van der Waals surface area contributed by atoms with E-state index >= 15 is 0 Å². The van der Waals surface area contributed by atoms with Crippen LogP contribution in [0, 0.1) is 0 Å². The Bertz CT molecular complexity index is 577. The zero-order chi connectivity index (χ0) is 14.6. The number of carbonyl (C=O) groups is 1. The van der Waals surface area contributed by atoms with Gasteiger partial charge in [-0.3, -0.25) is 0 Å². The number of hydrogen-bond acceptors (Lipinski definition) is 3. The average molecular weight is 288 g/mol. The van der Waals surface area contributed by atoms with Crippen molar-refractivity contribution in [1.82, 2.24) is 0 Å². The topological polar surface area (TPSA) is 54.4 Å². The van der Waals surface area contributed by atoms with Crippen LogP contribution in [0.4, 0.5) is 0 Å². The predicted octanol–water partition coefficient (Wildman–Crippen LogP) is 1.95. The van der Waals surface area contributed by atoms with Gasteiger partial charge in [0.05, 0.1) is 0 Å². The SMILES string of the molecule is C[C@@](O)(C=O)CP(=O)(c1ccccc1)c1ccccc1. The molecule has 104 valence electrons. The smallest absolute Gasteiger partial charge is 0.151 e. The van der Waals surface area contributed by atoms with Crippen molar-refractivity contribution >= 4 is 24.0 Å². The second-order valence-corrected chi connectivity index (χ2v) is 7.87. The van der Waals surface area contributed by atoms with Crippen molar-refractivity contribution in [3.63, 3.8) is 0 Å². The van der Waals surface area contributed by atoms with E-state index in [0.29, 0.717) is 16.9 Å². The quantitative estimate of drug-likeness (QED) is 0.676. The lowest BCUT2D eigenvalue weighted by Crippen LogP contribution is -2.35. The number of aliphatic hydroxyl groups is 1. The molecule has 1 atom stereocenters. The van der Waals surface area contributed by atoms with E-state index in [-0.39, 0.29) is 6.16 Å². The lowest BCUT2D eigenvalue weighted by Gasteiger charge is -2.25. The van der Waals surface area contributed by atoms with Gasteiger partial charge in [-0.15, -0.1) is 0 Å². The Morgan fingerprint density at radius 2 is 1.40 bits per heavy atom. The van der Waals surface area contributed by atoms with Crippen molar-refractivity contribution < 1.29 is 14.5 Å². The lowest BCUT2D eigenvalue weighted by molar-refractivity contribution is -0.120. The zero-order valence-corrected chi connectivity index (χ0v) is 12.2. The van der Waals surface area contributed by atoms with Gasteiger partial charge in [0.2, 0.25) is 0 Å². The van der Waals surface area contributed by atoms with E-state index in [1.54, 1.807) is 48.5 Å². The average Bonchev–Trinajstić information content (AvgIpc) is 2.48. The lowest BCUT2D eigenvalue weighted by atomic mass is 10.2. The third-order valence-electron chi connectivity index (χ3n) is 3.14. The van der Waals surface area contributed by atoms with E-state index < -0.39 is 12.7 Å². The molecule has 0 heterocycles. The van der Waals surface area contributed by atoms with Crippen LogP contribution in [0.3, 0.4) is 0 Å². The summed E-state index contributed by atoms with van der Waals surface area (Å²) in [5, 5.41) is 11.3. The monoisotopic (exact) mass is 288 g/mol. The van der Waals surface area contributed by atoms with E-state index in [9.17, 15) is 14.5 Å². The highest BCUT2D eigenvalue weighted by atomic mass is 31.2. The van der Waals surface area contributed by atoms with Gasteiger partial charge in [-0.1, -0.05) is 60.7 Å². The number of rotatable bonds is 5. The van der Waals surface area contributed by atoms with Gasteiger partial charge in [0, 0.05) is 16.8 Å². The molecule has 0 amide bonds. The first-order valence-electron chi connectivity index (χ1n) is 6.37. The number of aldehydes is 1. The number of hydrogen-bond donors (Lipinski definition) is 1. The summed E-state index contributed by atoms with van der Waals surface area (Å²) < 4.78 is 13.5. The molecule has 0 spiro atoms. The summed E-state index contributed by atoms with van der Waals surface area (Å²) in [5.41, 5.74) is -1.61. The highest BCUT2D eigenvalue weighted by Gasteiger charge is 2.35. The van der Waals surface area contributed by atoms with Gasteiger partial charge in [0.25, 0.3) is 0 Å². The molecule has 4 heteroatoms.